The van der Waals surface area contributed by atoms with Gasteiger partial charge in [0.1, 0.15) is 16.5 Å². The van der Waals surface area contributed by atoms with Gasteiger partial charge in [0.25, 0.3) is 5.56 Å². The fraction of sp³-hybridized carbons (Fsp3) is 0. The first-order valence-electron chi connectivity index (χ1n) is 7.71. The van der Waals surface area contributed by atoms with Gasteiger partial charge < -0.3 is 10.2 Å². The summed E-state index contributed by atoms with van der Waals surface area (Å²) in [5.41, 5.74) is 1.93. The molecule has 2 aromatic carbocycles. The summed E-state index contributed by atoms with van der Waals surface area (Å²) in [6, 6.07) is 10.4. The maximum absolute atomic E-state index is 12.4. The van der Waals surface area contributed by atoms with Gasteiger partial charge in [-0.15, -0.1) is 0 Å². The first-order valence-corrected chi connectivity index (χ1v) is 8.09. The Hall–Kier alpha value is -3.92. The van der Waals surface area contributed by atoms with E-state index in [-0.39, 0.29) is 16.3 Å². The zero-order chi connectivity index (χ0) is 20.3. The minimum atomic E-state index is -0.802. The second-order valence-electron chi connectivity index (χ2n) is 5.45. The fourth-order valence-corrected chi connectivity index (χ4v) is 2.44. The Morgan fingerprint density at radius 1 is 1.21 bits per heavy atom. The molecule has 0 saturated heterocycles. The molecule has 0 unspecified atom stereocenters. The number of nitro groups is 1. The van der Waals surface area contributed by atoms with Crippen LogP contribution in [-0.2, 0) is 0 Å². The minimum Gasteiger partial charge on any atom is -0.507 e. The Balaban J connectivity index is 1.86. The minimum absolute atomic E-state index is 0.0290. The van der Waals surface area contributed by atoms with Crippen LogP contribution < -0.4 is 11.0 Å². The van der Waals surface area contributed by atoms with Crippen molar-refractivity contribution in [2.75, 3.05) is 5.43 Å². The SMILES string of the molecule is O=c1c(Cl)c(N/N=C\c2cc([N+](=O)[O-])c(O)cc2O)cnn1-c1ccccc1. The fourth-order valence-electron chi connectivity index (χ4n) is 2.27. The molecule has 0 radical (unpaired) electrons. The van der Waals surface area contributed by atoms with Crippen molar-refractivity contribution < 1.29 is 15.1 Å². The van der Waals surface area contributed by atoms with Crippen LogP contribution in [-0.4, -0.2) is 31.1 Å². The first kappa shape index (κ1) is 18.9. The molecule has 0 aliphatic carbocycles. The van der Waals surface area contributed by atoms with Crippen molar-refractivity contribution >= 4 is 29.2 Å². The summed E-state index contributed by atoms with van der Waals surface area (Å²) in [5, 5.41) is 37.7. The summed E-state index contributed by atoms with van der Waals surface area (Å²) in [7, 11) is 0. The maximum Gasteiger partial charge on any atom is 0.311 e. The number of para-hydroxylation sites is 1. The highest BCUT2D eigenvalue weighted by atomic mass is 35.5. The number of hydrogen-bond acceptors (Lipinski definition) is 8. The van der Waals surface area contributed by atoms with Crippen molar-refractivity contribution in [3.63, 3.8) is 0 Å². The van der Waals surface area contributed by atoms with Gasteiger partial charge in [-0.1, -0.05) is 29.8 Å². The van der Waals surface area contributed by atoms with Gasteiger partial charge in [0.2, 0.25) is 0 Å². The molecule has 0 fully saturated rings. The van der Waals surface area contributed by atoms with Crippen LogP contribution in [0.25, 0.3) is 5.69 Å². The van der Waals surface area contributed by atoms with Crippen molar-refractivity contribution in [3.05, 3.63) is 79.7 Å². The molecule has 3 aromatic rings. The van der Waals surface area contributed by atoms with Crippen LogP contribution in [0, 0.1) is 10.1 Å². The number of nitrogens with zero attached hydrogens (tertiary/aromatic N) is 4. The van der Waals surface area contributed by atoms with Gasteiger partial charge in [0, 0.05) is 17.7 Å². The third-order valence-corrected chi connectivity index (χ3v) is 3.99. The third-order valence-electron chi connectivity index (χ3n) is 3.63. The highest BCUT2D eigenvalue weighted by Crippen LogP contribution is 2.32. The molecule has 1 heterocycles. The molecule has 0 aliphatic heterocycles. The standard InChI is InChI=1S/C17H12ClN5O5/c18-16-12(9-20-22(17(16)26)11-4-2-1-3-5-11)21-19-8-10-6-13(23(27)28)15(25)7-14(10)24/h1-9,21,24-25H/b19-8-. The number of nitrogens with one attached hydrogen (secondary N) is 1. The van der Waals surface area contributed by atoms with Gasteiger partial charge in [-0.05, 0) is 12.1 Å². The molecular formula is C17H12ClN5O5. The van der Waals surface area contributed by atoms with Gasteiger partial charge in [-0.25, -0.2) is 0 Å². The molecule has 0 saturated carbocycles. The van der Waals surface area contributed by atoms with E-state index >= 15 is 0 Å². The average Bonchev–Trinajstić information content (AvgIpc) is 2.67. The number of anilines is 1. The molecule has 11 heteroatoms. The molecule has 1 aromatic heterocycles. The van der Waals surface area contributed by atoms with E-state index in [2.05, 4.69) is 15.6 Å². The Kier molecular flexibility index (Phi) is 5.23. The Bertz CT molecular complexity index is 1130. The van der Waals surface area contributed by atoms with E-state index in [9.17, 15) is 25.1 Å². The summed E-state index contributed by atoms with van der Waals surface area (Å²) in [5.74, 6) is -1.10. The van der Waals surface area contributed by atoms with Crippen LogP contribution in [0.2, 0.25) is 5.02 Å². The number of benzene rings is 2. The van der Waals surface area contributed by atoms with Crippen molar-refractivity contribution in [2.24, 2.45) is 5.10 Å². The molecule has 3 rings (SSSR count). The van der Waals surface area contributed by atoms with Gasteiger partial charge in [0.05, 0.1) is 23.0 Å². The number of hydrazone groups is 1. The average molecular weight is 402 g/mol. The predicted octanol–water partition coefficient (Wildman–Crippen LogP) is 2.65. The van der Waals surface area contributed by atoms with Crippen LogP contribution >= 0.6 is 11.6 Å². The van der Waals surface area contributed by atoms with Crippen LogP contribution in [0.5, 0.6) is 11.5 Å². The normalized spacial score (nSPS) is 10.9. The van der Waals surface area contributed by atoms with E-state index < -0.39 is 27.7 Å². The molecule has 28 heavy (non-hydrogen) atoms. The number of phenolic OH excluding ortho intramolecular Hbond substituents is 2. The summed E-state index contributed by atoms with van der Waals surface area (Å²) in [6.45, 7) is 0. The lowest BCUT2D eigenvalue weighted by atomic mass is 10.2. The number of halogens is 1. The van der Waals surface area contributed by atoms with Crippen molar-refractivity contribution in [3.8, 4) is 17.2 Å². The van der Waals surface area contributed by atoms with Crippen LogP contribution in [0.1, 0.15) is 5.56 Å². The van der Waals surface area contributed by atoms with Gasteiger partial charge in [-0.2, -0.15) is 14.9 Å². The summed E-state index contributed by atoms with van der Waals surface area (Å²) < 4.78 is 1.12. The van der Waals surface area contributed by atoms with Crippen LogP contribution in [0.4, 0.5) is 11.4 Å². The van der Waals surface area contributed by atoms with E-state index in [0.717, 1.165) is 23.0 Å². The van der Waals surface area contributed by atoms with E-state index in [1.807, 2.05) is 0 Å². The molecule has 3 N–H and O–H groups in total. The topological polar surface area (TPSA) is 143 Å². The Labute approximate surface area is 162 Å². The van der Waals surface area contributed by atoms with E-state index in [1.165, 1.54) is 6.20 Å². The summed E-state index contributed by atoms with van der Waals surface area (Å²) >= 11 is 6.07. The van der Waals surface area contributed by atoms with Gasteiger partial charge in [-0.3, -0.25) is 20.3 Å². The molecular weight excluding hydrogens is 390 g/mol. The van der Waals surface area contributed by atoms with E-state index in [4.69, 9.17) is 11.6 Å². The number of hydrogen-bond donors (Lipinski definition) is 3. The van der Waals surface area contributed by atoms with Crippen LogP contribution in [0.3, 0.4) is 0 Å². The quantitative estimate of drug-likeness (QED) is 0.338. The number of aromatic hydroxyl groups is 2. The number of nitro benzene ring substituents is 1. The number of rotatable bonds is 5. The molecule has 0 spiro atoms. The lowest BCUT2D eigenvalue weighted by Gasteiger charge is -2.07. The zero-order valence-electron chi connectivity index (χ0n) is 14.0. The largest absolute Gasteiger partial charge is 0.507 e. The van der Waals surface area contributed by atoms with E-state index in [0.29, 0.717) is 5.69 Å². The van der Waals surface area contributed by atoms with E-state index in [1.54, 1.807) is 30.3 Å². The van der Waals surface area contributed by atoms with Crippen molar-refractivity contribution in [2.45, 2.75) is 0 Å². The lowest BCUT2D eigenvalue weighted by molar-refractivity contribution is -0.385. The number of phenols is 2. The lowest BCUT2D eigenvalue weighted by Crippen LogP contribution is -2.22. The predicted molar refractivity (Wildman–Crippen MR) is 102 cm³/mol. The van der Waals surface area contributed by atoms with Crippen molar-refractivity contribution in [1.29, 1.82) is 0 Å². The molecule has 0 amide bonds. The highest BCUT2D eigenvalue weighted by Gasteiger charge is 2.16. The maximum atomic E-state index is 12.4. The second kappa shape index (κ2) is 7.76. The smallest absolute Gasteiger partial charge is 0.311 e. The van der Waals surface area contributed by atoms with Crippen LogP contribution in [0.15, 0.2) is 58.6 Å². The zero-order valence-corrected chi connectivity index (χ0v) is 14.7. The molecule has 0 atom stereocenters. The first-order chi connectivity index (χ1) is 13.4. The molecule has 0 bridgehead atoms. The third kappa shape index (κ3) is 3.76. The second-order valence-corrected chi connectivity index (χ2v) is 5.83. The van der Waals surface area contributed by atoms with Gasteiger partial charge in [0.15, 0.2) is 5.75 Å². The molecule has 10 nitrogen and oxygen atoms in total. The monoisotopic (exact) mass is 401 g/mol. The Morgan fingerprint density at radius 3 is 2.61 bits per heavy atom. The summed E-state index contributed by atoms with van der Waals surface area (Å²) in [6.07, 6.45) is 2.36. The highest BCUT2D eigenvalue weighted by molar-refractivity contribution is 6.32. The summed E-state index contributed by atoms with van der Waals surface area (Å²) in [4.78, 5) is 22.4. The Morgan fingerprint density at radius 2 is 1.93 bits per heavy atom. The molecule has 0 aliphatic rings. The molecule has 142 valence electrons. The number of aromatic nitrogens is 2. The van der Waals surface area contributed by atoms with Gasteiger partial charge >= 0.3 is 5.69 Å². The van der Waals surface area contributed by atoms with Crippen molar-refractivity contribution in [1.82, 2.24) is 9.78 Å².